The van der Waals surface area contributed by atoms with Crippen LogP contribution in [0.5, 0.6) is 0 Å². The average Bonchev–Trinajstić information content (AvgIpc) is 2.45. The van der Waals surface area contributed by atoms with Crippen LogP contribution in [0.15, 0.2) is 34.8 Å². The van der Waals surface area contributed by atoms with Gasteiger partial charge in [-0.2, -0.15) is 0 Å². The van der Waals surface area contributed by atoms with Crippen LogP contribution < -0.4 is 0 Å². The molecular formula is C16H19BrN2O2. The van der Waals surface area contributed by atoms with E-state index in [0.717, 1.165) is 49.4 Å². The Labute approximate surface area is 133 Å². The Hall–Kier alpha value is -1.17. The first-order chi connectivity index (χ1) is 10.2. The van der Waals surface area contributed by atoms with Crippen molar-refractivity contribution in [2.24, 2.45) is 0 Å². The molecule has 1 aromatic rings. The number of carbonyl (C=O) groups is 1. The fourth-order valence-corrected chi connectivity index (χ4v) is 2.85. The molecule has 1 amide bonds. The van der Waals surface area contributed by atoms with Gasteiger partial charge in [-0.05, 0) is 23.8 Å². The summed E-state index contributed by atoms with van der Waals surface area (Å²) in [5, 5.41) is 0. The van der Waals surface area contributed by atoms with Crippen LogP contribution in [0.2, 0.25) is 0 Å². The lowest BCUT2D eigenvalue weighted by molar-refractivity contribution is -0.130. The van der Waals surface area contributed by atoms with Crippen LogP contribution in [0.3, 0.4) is 0 Å². The molecule has 5 heteroatoms. The number of amides is 1. The van der Waals surface area contributed by atoms with Gasteiger partial charge in [-0.1, -0.05) is 28.1 Å². The number of carbonyl (C=O) groups excluding carboxylic acids is 1. The van der Waals surface area contributed by atoms with Crippen molar-refractivity contribution >= 4 is 27.9 Å². The van der Waals surface area contributed by atoms with Crippen LogP contribution in [-0.4, -0.2) is 61.1 Å². The molecule has 0 aromatic heterocycles. The summed E-state index contributed by atoms with van der Waals surface area (Å²) in [5.41, 5.74) is 1.04. The molecule has 0 aliphatic carbocycles. The van der Waals surface area contributed by atoms with Crippen LogP contribution in [0.1, 0.15) is 5.56 Å². The fourth-order valence-electron chi connectivity index (χ4n) is 2.59. The molecule has 21 heavy (non-hydrogen) atoms. The third kappa shape index (κ3) is 3.73. The Morgan fingerprint density at radius 1 is 1.14 bits per heavy atom. The summed E-state index contributed by atoms with van der Waals surface area (Å²) in [5.74, 6) is 0.0995. The van der Waals surface area contributed by atoms with Gasteiger partial charge in [0.15, 0.2) is 0 Å². The highest BCUT2D eigenvalue weighted by molar-refractivity contribution is 9.10. The number of nitrogens with zero attached hydrogens (tertiary/aromatic N) is 2. The predicted octanol–water partition coefficient (Wildman–Crippen LogP) is 2.01. The molecular weight excluding hydrogens is 332 g/mol. The maximum atomic E-state index is 12.2. The minimum atomic E-state index is 0.0995. The van der Waals surface area contributed by atoms with Gasteiger partial charge in [0.2, 0.25) is 5.91 Å². The topological polar surface area (TPSA) is 32.8 Å². The zero-order valence-electron chi connectivity index (χ0n) is 11.9. The van der Waals surface area contributed by atoms with Gasteiger partial charge in [-0.15, -0.1) is 0 Å². The zero-order valence-corrected chi connectivity index (χ0v) is 13.5. The summed E-state index contributed by atoms with van der Waals surface area (Å²) in [6, 6.07) is 8.50. The molecule has 2 aliphatic heterocycles. The molecule has 0 N–H and O–H groups in total. The van der Waals surface area contributed by atoms with Crippen molar-refractivity contribution in [3.8, 4) is 0 Å². The van der Waals surface area contributed by atoms with Crippen molar-refractivity contribution in [2.45, 2.75) is 6.04 Å². The molecule has 1 aromatic carbocycles. The molecule has 0 atom stereocenters. The van der Waals surface area contributed by atoms with E-state index in [-0.39, 0.29) is 5.91 Å². The van der Waals surface area contributed by atoms with Gasteiger partial charge in [-0.25, -0.2) is 0 Å². The number of halogens is 1. The van der Waals surface area contributed by atoms with Crippen LogP contribution in [0.4, 0.5) is 0 Å². The maximum Gasteiger partial charge on any atom is 0.246 e. The molecule has 2 fully saturated rings. The number of rotatable bonds is 3. The Balaban J connectivity index is 1.50. The average molecular weight is 351 g/mol. The first kappa shape index (κ1) is 14.8. The molecule has 0 unspecified atom stereocenters. The van der Waals surface area contributed by atoms with Crippen molar-refractivity contribution in [1.29, 1.82) is 0 Å². The van der Waals surface area contributed by atoms with E-state index in [0.29, 0.717) is 6.04 Å². The van der Waals surface area contributed by atoms with Crippen LogP contribution >= 0.6 is 15.9 Å². The van der Waals surface area contributed by atoms with Gasteiger partial charge in [-0.3, -0.25) is 9.69 Å². The highest BCUT2D eigenvalue weighted by atomic mass is 79.9. The molecule has 0 saturated carbocycles. The highest BCUT2D eigenvalue weighted by Crippen LogP contribution is 2.14. The monoisotopic (exact) mass is 350 g/mol. The maximum absolute atomic E-state index is 12.2. The molecule has 3 rings (SSSR count). The lowest BCUT2D eigenvalue weighted by atomic mass is 10.1. The van der Waals surface area contributed by atoms with E-state index >= 15 is 0 Å². The standard InChI is InChI=1S/C16H19BrN2O2/c17-14-4-1-13(2-5-14)3-6-16(20)19-9-7-18(8-10-19)15-11-21-12-15/h1-6,15H,7-12H2/b6-3+. The Morgan fingerprint density at radius 3 is 2.38 bits per heavy atom. The first-order valence-corrected chi connectivity index (χ1v) is 8.06. The van der Waals surface area contributed by atoms with Gasteiger partial charge in [0.25, 0.3) is 0 Å². The molecule has 0 spiro atoms. The lowest BCUT2D eigenvalue weighted by Crippen LogP contribution is -2.57. The van der Waals surface area contributed by atoms with Crippen molar-refractivity contribution in [3.05, 3.63) is 40.4 Å². The van der Waals surface area contributed by atoms with Crippen molar-refractivity contribution in [3.63, 3.8) is 0 Å². The van der Waals surface area contributed by atoms with E-state index in [1.807, 2.05) is 35.2 Å². The van der Waals surface area contributed by atoms with Gasteiger partial charge < -0.3 is 9.64 Å². The van der Waals surface area contributed by atoms with Gasteiger partial charge in [0, 0.05) is 36.7 Å². The zero-order chi connectivity index (χ0) is 14.7. The van der Waals surface area contributed by atoms with E-state index in [4.69, 9.17) is 4.74 Å². The van der Waals surface area contributed by atoms with Gasteiger partial charge >= 0.3 is 0 Å². The van der Waals surface area contributed by atoms with Crippen LogP contribution in [0, 0.1) is 0 Å². The summed E-state index contributed by atoms with van der Waals surface area (Å²) < 4.78 is 6.27. The highest BCUT2D eigenvalue weighted by Gasteiger charge is 2.29. The van der Waals surface area contributed by atoms with Crippen LogP contribution in [-0.2, 0) is 9.53 Å². The lowest BCUT2D eigenvalue weighted by Gasteiger charge is -2.42. The Bertz CT molecular complexity index is 518. The number of ether oxygens (including phenoxy) is 1. The molecule has 0 radical (unpaired) electrons. The third-order valence-electron chi connectivity index (χ3n) is 4.05. The summed E-state index contributed by atoms with van der Waals surface area (Å²) in [7, 11) is 0. The van der Waals surface area contributed by atoms with E-state index in [2.05, 4.69) is 20.8 Å². The molecule has 4 nitrogen and oxygen atoms in total. The minimum Gasteiger partial charge on any atom is -0.378 e. The van der Waals surface area contributed by atoms with E-state index in [1.165, 1.54) is 0 Å². The smallest absolute Gasteiger partial charge is 0.246 e. The SMILES string of the molecule is O=C(/C=C/c1ccc(Br)cc1)N1CCN(C2COC2)CC1. The van der Waals surface area contributed by atoms with E-state index in [1.54, 1.807) is 6.08 Å². The number of benzene rings is 1. The third-order valence-corrected chi connectivity index (χ3v) is 4.58. The van der Waals surface area contributed by atoms with Crippen molar-refractivity contribution in [2.75, 3.05) is 39.4 Å². The predicted molar refractivity (Wildman–Crippen MR) is 85.9 cm³/mol. The summed E-state index contributed by atoms with van der Waals surface area (Å²) in [6.07, 6.45) is 3.55. The molecule has 112 valence electrons. The Kier molecular flexibility index (Phi) is 4.73. The molecule has 2 saturated heterocycles. The summed E-state index contributed by atoms with van der Waals surface area (Å²) >= 11 is 3.40. The van der Waals surface area contributed by atoms with E-state index in [9.17, 15) is 4.79 Å². The number of hydrogen-bond donors (Lipinski definition) is 0. The fraction of sp³-hybridized carbons (Fsp3) is 0.438. The number of hydrogen-bond acceptors (Lipinski definition) is 3. The number of piperazine rings is 1. The minimum absolute atomic E-state index is 0.0995. The van der Waals surface area contributed by atoms with Crippen LogP contribution in [0.25, 0.3) is 6.08 Å². The van der Waals surface area contributed by atoms with Crippen molar-refractivity contribution in [1.82, 2.24) is 9.80 Å². The summed E-state index contributed by atoms with van der Waals surface area (Å²) in [4.78, 5) is 16.5. The second-order valence-corrected chi connectivity index (χ2v) is 6.35. The molecule has 2 aliphatic rings. The summed E-state index contributed by atoms with van der Waals surface area (Å²) in [6.45, 7) is 5.20. The first-order valence-electron chi connectivity index (χ1n) is 7.27. The largest absolute Gasteiger partial charge is 0.378 e. The second-order valence-electron chi connectivity index (χ2n) is 5.44. The van der Waals surface area contributed by atoms with E-state index < -0.39 is 0 Å². The Morgan fingerprint density at radius 2 is 1.81 bits per heavy atom. The molecule has 2 heterocycles. The van der Waals surface area contributed by atoms with Gasteiger partial charge in [0.05, 0.1) is 19.3 Å². The normalized spacial score (nSPS) is 20.7. The second kappa shape index (κ2) is 6.73. The quantitative estimate of drug-likeness (QED) is 0.781. The molecule has 0 bridgehead atoms. The van der Waals surface area contributed by atoms with Crippen molar-refractivity contribution < 1.29 is 9.53 Å². The van der Waals surface area contributed by atoms with Gasteiger partial charge in [0.1, 0.15) is 0 Å².